The highest BCUT2D eigenvalue weighted by Gasteiger charge is 2.25. The van der Waals surface area contributed by atoms with Crippen LogP contribution < -0.4 is 10.1 Å². The zero-order valence-electron chi connectivity index (χ0n) is 20.2. The fourth-order valence-electron chi connectivity index (χ4n) is 4.47. The van der Waals surface area contributed by atoms with Crippen molar-refractivity contribution >= 4 is 44.4 Å². The van der Waals surface area contributed by atoms with Crippen LogP contribution >= 0.6 is 23.1 Å². The predicted molar refractivity (Wildman–Crippen MR) is 145 cm³/mol. The number of anilines is 1. The molecule has 2 unspecified atom stereocenters. The molecule has 5 rings (SSSR count). The molecule has 2 aromatic carbocycles. The van der Waals surface area contributed by atoms with Crippen molar-refractivity contribution in [1.82, 2.24) is 9.97 Å². The Hall–Kier alpha value is -3.41. The Morgan fingerprint density at radius 3 is 2.86 bits per heavy atom. The average Bonchev–Trinajstić information content (AvgIpc) is 3.30. The van der Waals surface area contributed by atoms with E-state index >= 15 is 0 Å². The Morgan fingerprint density at radius 2 is 2.08 bits per heavy atom. The van der Waals surface area contributed by atoms with Gasteiger partial charge in [-0.1, -0.05) is 53.4 Å². The van der Waals surface area contributed by atoms with Crippen molar-refractivity contribution in [2.24, 2.45) is 0 Å². The van der Waals surface area contributed by atoms with Crippen LogP contribution in [0.25, 0.3) is 10.2 Å². The maximum Gasteiger partial charge on any atom is 0.239 e. The molecule has 1 aliphatic carbocycles. The van der Waals surface area contributed by atoms with Crippen molar-refractivity contribution < 1.29 is 9.53 Å². The molecule has 0 spiro atoms. The number of carbonyl (C=O) groups excluding carboxylic acids is 1. The first-order valence-corrected chi connectivity index (χ1v) is 13.7. The summed E-state index contributed by atoms with van der Waals surface area (Å²) in [6.07, 6.45) is 2.77. The highest BCUT2D eigenvalue weighted by Crippen LogP contribution is 2.36. The van der Waals surface area contributed by atoms with Crippen molar-refractivity contribution in [1.29, 1.82) is 5.26 Å². The summed E-state index contributed by atoms with van der Waals surface area (Å²) in [6.45, 7) is 4.37. The Labute approximate surface area is 218 Å². The smallest absolute Gasteiger partial charge is 0.239 e. The van der Waals surface area contributed by atoms with Crippen LogP contribution in [0.15, 0.2) is 59.6 Å². The van der Waals surface area contributed by atoms with Crippen LogP contribution in [0.4, 0.5) is 5.13 Å². The second-order valence-corrected chi connectivity index (χ2v) is 11.1. The Balaban J connectivity index is 1.28. The number of rotatable bonds is 7. The Bertz CT molecular complexity index is 1450. The first-order valence-electron chi connectivity index (χ1n) is 12.0. The van der Waals surface area contributed by atoms with Gasteiger partial charge in [0.25, 0.3) is 0 Å². The van der Waals surface area contributed by atoms with Gasteiger partial charge >= 0.3 is 0 Å². The lowest BCUT2D eigenvalue weighted by atomic mass is 9.82. The summed E-state index contributed by atoms with van der Waals surface area (Å²) in [5.74, 6) is 1.05. The molecule has 0 saturated carbocycles. The van der Waals surface area contributed by atoms with E-state index in [-0.39, 0.29) is 5.91 Å². The summed E-state index contributed by atoms with van der Waals surface area (Å²) < 4.78 is 6.51. The van der Waals surface area contributed by atoms with Gasteiger partial charge in [-0.15, -0.1) is 0 Å². The van der Waals surface area contributed by atoms with Gasteiger partial charge in [-0.25, -0.2) is 9.97 Å². The van der Waals surface area contributed by atoms with Crippen molar-refractivity contribution in [3.8, 4) is 11.8 Å². The average molecular weight is 515 g/mol. The van der Waals surface area contributed by atoms with Gasteiger partial charge in [0.15, 0.2) is 5.13 Å². The lowest BCUT2D eigenvalue weighted by molar-refractivity contribution is -0.115. The van der Waals surface area contributed by atoms with E-state index in [0.717, 1.165) is 46.5 Å². The molecule has 1 amide bonds. The molecule has 4 aromatic rings. The molecule has 1 aliphatic rings. The second kappa shape index (κ2) is 10.7. The molecule has 8 heteroatoms. The third kappa shape index (κ3) is 5.23. The summed E-state index contributed by atoms with van der Waals surface area (Å²) in [5.41, 5.74) is 4.84. The largest absolute Gasteiger partial charge is 0.494 e. The van der Waals surface area contributed by atoms with E-state index in [1.54, 1.807) is 0 Å². The van der Waals surface area contributed by atoms with E-state index in [0.29, 0.717) is 28.2 Å². The van der Waals surface area contributed by atoms with Gasteiger partial charge < -0.3 is 10.1 Å². The maximum atomic E-state index is 13.0. The monoisotopic (exact) mass is 514 g/mol. The summed E-state index contributed by atoms with van der Waals surface area (Å²) in [4.78, 5) is 22.3. The second-order valence-electron chi connectivity index (χ2n) is 8.74. The van der Waals surface area contributed by atoms with Crippen LogP contribution in [0.1, 0.15) is 48.6 Å². The highest BCUT2D eigenvalue weighted by molar-refractivity contribution is 8.00. The number of hydrogen-bond acceptors (Lipinski definition) is 7. The molecule has 1 N–H and O–H groups in total. The number of ether oxygens (including phenoxy) is 1. The molecule has 0 aliphatic heterocycles. The SMILES string of the molecule is CCOc1ccc2nc(NC(=O)C(C)Sc3nc4c(cc3C#N)CC(c3ccccc3)CC4)sc2c1. The van der Waals surface area contributed by atoms with Crippen molar-refractivity contribution in [3.05, 3.63) is 77.0 Å². The molecule has 6 nitrogen and oxygen atoms in total. The van der Waals surface area contributed by atoms with E-state index in [1.807, 2.05) is 44.2 Å². The van der Waals surface area contributed by atoms with Crippen LogP contribution in [0.5, 0.6) is 5.75 Å². The van der Waals surface area contributed by atoms with E-state index < -0.39 is 5.25 Å². The zero-order chi connectivity index (χ0) is 25.1. The van der Waals surface area contributed by atoms with Gasteiger partial charge in [-0.2, -0.15) is 5.26 Å². The van der Waals surface area contributed by atoms with Gasteiger partial charge in [-0.3, -0.25) is 4.79 Å². The van der Waals surface area contributed by atoms with Gasteiger partial charge in [-0.05, 0) is 74.4 Å². The number of fused-ring (bicyclic) bond motifs is 2. The Kier molecular flexibility index (Phi) is 7.21. The third-order valence-corrected chi connectivity index (χ3v) is 8.34. The molecular formula is C28H26N4O2S2. The molecule has 0 radical (unpaired) electrons. The van der Waals surface area contributed by atoms with Gasteiger partial charge in [0.1, 0.15) is 16.8 Å². The summed E-state index contributed by atoms with van der Waals surface area (Å²) in [5, 5.41) is 13.5. The number of benzene rings is 2. The number of nitriles is 1. The molecule has 0 saturated heterocycles. The normalized spacial score (nSPS) is 15.6. The topological polar surface area (TPSA) is 87.9 Å². The predicted octanol–water partition coefficient (Wildman–Crippen LogP) is 6.35. The molecule has 2 atom stereocenters. The summed E-state index contributed by atoms with van der Waals surface area (Å²) in [7, 11) is 0. The number of nitrogens with one attached hydrogen (secondary N) is 1. The molecule has 0 fully saturated rings. The quantitative estimate of drug-likeness (QED) is 0.289. The Morgan fingerprint density at radius 1 is 1.25 bits per heavy atom. The fourth-order valence-corrected chi connectivity index (χ4v) is 6.26. The van der Waals surface area contributed by atoms with Crippen molar-refractivity contribution in [2.45, 2.75) is 49.3 Å². The number of aromatic nitrogens is 2. The lowest BCUT2D eigenvalue weighted by Crippen LogP contribution is -2.23. The van der Waals surface area contributed by atoms with E-state index in [9.17, 15) is 10.1 Å². The number of amides is 1. The van der Waals surface area contributed by atoms with E-state index in [1.165, 1.54) is 28.7 Å². The van der Waals surface area contributed by atoms with Crippen LogP contribution in [-0.2, 0) is 17.6 Å². The minimum absolute atomic E-state index is 0.170. The summed E-state index contributed by atoms with van der Waals surface area (Å²) in [6, 6.07) is 20.5. The minimum Gasteiger partial charge on any atom is -0.494 e. The van der Waals surface area contributed by atoms with Crippen molar-refractivity contribution in [2.75, 3.05) is 11.9 Å². The van der Waals surface area contributed by atoms with Crippen LogP contribution in [-0.4, -0.2) is 27.7 Å². The van der Waals surface area contributed by atoms with E-state index in [2.05, 4.69) is 40.6 Å². The van der Waals surface area contributed by atoms with Crippen LogP contribution in [0.3, 0.4) is 0 Å². The van der Waals surface area contributed by atoms with Crippen LogP contribution in [0.2, 0.25) is 0 Å². The number of thioether (sulfide) groups is 1. The van der Waals surface area contributed by atoms with Gasteiger partial charge in [0.05, 0.1) is 27.6 Å². The fraction of sp³-hybridized carbons (Fsp3) is 0.286. The molecule has 0 bridgehead atoms. The van der Waals surface area contributed by atoms with E-state index in [4.69, 9.17) is 9.72 Å². The molecule has 2 heterocycles. The maximum absolute atomic E-state index is 13.0. The van der Waals surface area contributed by atoms with Crippen LogP contribution in [0, 0.1) is 11.3 Å². The molecule has 2 aromatic heterocycles. The zero-order valence-corrected chi connectivity index (χ0v) is 21.8. The van der Waals surface area contributed by atoms with Crippen molar-refractivity contribution in [3.63, 3.8) is 0 Å². The number of hydrogen-bond donors (Lipinski definition) is 1. The third-order valence-electron chi connectivity index (χ3n) is 6.30. The first kappa shape index (κ1) is 24.3. The minimum atomic E-state index is -0.436. The molecule has 36 heavy (non-hydrogen) atoms. The lowest BCUT2D eigenvalue weighted by Gasteiger charge is -2.25. The number of pyridine rings is 1. The standard InChI is InChI=1S/C28H26N4O2S2/c1-3-34-22-10-12-24-25(15-22)36-28(31-24)32-26(33)17(2)35-27-21(16-29)14-20-13-19(9-11-23(20)30-27)18-7-5-4-6-8-18/h4-8,10,12,14-15,17,19H,3,9,11,13H2,1-2H3,(H,31,32,33). The number of nitrogens with zero attached hydrogens (tertiary/aromatic N) is 3. The highest BCUT2D eigenvalue weighted by atomic mass is 32.2. The molecule has 182 valence electrons. The summed E-state index contributed by atoms with van der Waals surface area (Å²) >= 11 is 2.73. The first-order chi connectivity index (χ1) is 17.5. The number of carbonyl (C=O) groups is 1. The van der Waals surface area contributed by atoms with Gasteiger partial charge in [0.2, 0.25) is 5.91 Å². The number of thiazole rings is 1. The number of aryl methyl sites for hydroxylation is 1. The molecular weight excluding hydrogens is 488 g/mol. The van der Waals surface area contributed by atoms with Gasteiger partial charge in [0, 0.05) is 5.69 Å².